The van der Waals surface area contributed by atoms with Gasteiger partial charge in [0.1, 0.15) is 5.76 Å². The molecule has 10 heavy (non-hydrogen) atoms. The van der Waals surface area contributed by atoms with E-state index in [4.69, 9.17) is 10.2 Å². The Kier molecular flexibility index (Phi) is 1.08. The lowest BCUT2D eigenvalue weighted by atomic mass is 10.1. The Balaban J connectivity index is 2.27. The third-order valence-corrected chi connectivity index (χ3v) is 2.20. The number of rotatable bonds is 2. The van der Waals surface area contributed by atoms with E-state index in [-0.39, 0.29) is 5.41 Å². The van der Waals surface area contributed by atoms with Gasteiger partial charge in [-0.2, -0.15) is 0 Å². The van der Waals surface area contributed by atoms with Crippen molar-refractivity contribution in [3.63, 3.8) is 0 Å². The fourth-order valence-corrected chi connectivity index (χ4v) is 1.18. The van der Waals surface area contributed by atoms with Crippen LogP contribution in [-0.2, 0) is 5.41 Å². The largest absolute Gasteiger partial charge is 0.448 e. The molecule has 1 saturated carbocycles. The minimum atomic E-state index is 0.163. The molecule has 0 amide bonds. The Bertz CT molecular complexity index is 214. The Morgan fingerprint density at radius 3 is 2.90 bits per heavy atom. The van der Waals surface area contributed by atoms with Crippen LogP contribution in [0.5, 0.6) is 0 Å². The summed E-state index contributed by atoms with van der Waals surface area (Å²) in [5.74, 6) is 0.954. The van der Waals surface area contributed by atoms with Gasteiger partial charge in [-0.3, -0.25) is 0 Å². The monoisotopic (exact) mass is 138 g/mol. The molecule has 0 atom stereocenters. The smallest absolute Gasteiger partial charge is 0.180 e. The van der Waals surface area contributed by atoms with Gasteiger partial charge in [-0.15, -0.1) is 0 Å². The van der Waals surface area contributed by atoms with Crippen LogP contribution < -0.4 is 5.73 Å². The first-order valence-electron chi connectivity index (χ1n) is 3.46. The highest BCUT2D eigenvalue weighted by molar-refractivity contribution is 5.19. The number of hydrogen-bond acceptors (Lipinski definition) is 3. The predicted molar refractivity (Wildman–Crippen MR) is 36.5 cm³/mol. The molecule has 0 unspecified atom stereocenters. The molecule has 0 aliphatic heterocycles. The molecule has 0 radical (unpaired) electrons. The summed E-state index contributed by atoms with van der Waals surface area (Å²) in [4.78, 5) is 3.85. The minimum absolute atomic E-state index is 0.163. The molecule has 3 nitrogen and oxygen atoms in total. The van der Waals surface area contributed by atoms with Crippen molar-refractivity contribution in [3.8, 4) is 0 Å². The second kappa shape index (κ2) is 1.83. The Morgan fingerprint density at radius 2 is 2.50 bits per heavy atom. The normalized spacial score (nSPS) is 20.9. The molecule has 0 spiro atoms. The van der Waals surface area contributed by atoms with E-state index >= 15 is 0 Å². The van der Waals surface area contributed by atoms with E-state index in [0.29, 0.717) is 6.54 Å². The Morgan fingerprint density at radius 1 is 1.70 bits per heavy atom. The Hall–Kier alpha value is -0.830. The van der Waals surface area contributed by atoms with Crippen molar-refractivity contribution in [3.05, 3.63) is 18.4 Å². The summed E-state index contributed by atoms with van der Waals surface area (Å²) in [6, 6.07) is 0. The van der Waals surface area contributed by atoms with Crippen LogP contribution in [0.15, 0.2) is 17.0 Å². The van der Waals surface area contributed by atoms with Crippen molar-refractivity contribution in [2.75, 3.05) is 6.54 Å². The number of aromatic nitrogens is 1. The van der Waals surface area contributed by atoms with Gasteiger partial charge in [-0.25, -0.2) is 4.98 Å². The minimum Gasteiger partial charge on any atom is -0.448 e. The maximum Gasteiger partial charge on any atom is 0.180 e. The molecule has 0 bridgehead atoms. The van der Waals surface area contributed by atoms with Crippen molar-refractivity contribution < 1.29 is 4.42 Å². The average molecular weight is 138 g/mol. The summed E-state index contributed by atoms with van der Waals surface area (Å²) in [6.45, 7) is 0.683. The summed E-state index contributed by atoms with van der Waals surface area (Å²) in [5, 5.41) is 0. The molecule has 3 heteroatoms. The number of oxazole rings is 1. The SMILES string of the molecule is NCC1(c2cnco2)CC1. The quantitative estimate of drug-likeness (QED) is 0.653. The first-order chi connectivity index (χ1) is 4.87. The summed E-state index contributed by atoms with van der Waals surface area (Å²) >= 11 is 0. The zero-order valence-electron chi connectivity index (χ0n) is 5.71. The summed E-state index contributed by atoms with van der Waals surface area (Å²) < 4.78 is 5.16. The molecule has 1 aromatic heterocycles. The third-order valence-electron chi connectivity index (χ3n) is 2.20. The van der Waals surface area contributed by atoms with Gasteiger partial charge in [-0.05, 0) is 12.8 Å². The van der Waals surface area contributed by atoms with Crippen LogP contribution in [0.2, 0.25) is 0 Å². The van der Waals surface area contributed by atoms with Gasteiger partial charge in [0.15, 0.2) is 6.39 Å². The van der Waals surface area contributed by atoms with E-state index in [0.717, 1.165) is 18.6 Å². The predicted octanol–water partition coefficient (Wildman–Crippen LogP) is 0.665. The highest BCUT2D eigenvalue weighted by Gasteiger charge is 2.45. The average Bonchev–Trinajstić information content (AvgIpc) is 2.58. The van der Waals surface area contributed by atoms with E-state index in [1.807, 2.05) is 0 Å². The van der Waals surface area contributed by atoms with E-state index in [2.05, 4.69) is 4.98 Å². The van der Waals surface area contributed by atoms with Crippen molar-refractivity contribution in [1.82, 2.24) is 4.98 Å². The van der Waals surface area contributed by atoms with Gasteiger partial charge in [-0.1, -0.05) is 0 Å². The fourth-order valence-electron chi connectivity index (χ4n) is 1.18. The van der Waals surface area contributed by atoms with Gasteiger partial charge in [0.25, 0.3) is 0 Å². The molecule has 0 aromatic carbocycles. The molecule has 1 aromatic rings. The van der Waals surface area contributed by atoms with E-state index in [1.165, 1.54) is 6.39 Å². The highest BCUT2D eigenvalue weighted by Crippen LogP contribution is 2.46. The lowest BCUT2D eigenvalue weighted by Gasteiger charge is -2.05. The molecule has 1 aliphatic rings. The third kappa shape index (κ3) is 0.671. The van der Waals surface area contributed by atoms with Gasteiger partial charge in [0.2, 0.25) is 0 Å². The molecule has 2 N–H and O–H groups in total. The van der Waals surface area contributed by atoms with E-state index < -0.39 is 0 Å². The van der Waals surface area contributed by atoms with Gasteiger partial charge < -0.3 is 10.2 Å². The van der Waals surface area contributed by atoms with Crippen molar-refractivity contribution in [2.45, 2.75) is 18.3 Å². The number of nitrogens with two attached hydrogens (primary N) is 1. The van der Waals surface area contributed by atoms with E-state index in [1.54, 1.807) is 6.20 Å². The molecular weight excluding hydrogens is 128 g/mol. The van der Waals surface area contributed by atoms with E-state index in [9.17, 15) is 0 Å². The fraction of sp³-hybridized carbons (Fsp3) is 0.571. The van der Waals surface area contributed by atoms with Gasteiger partial charge in [0.05, 0.1) is 6.20 Å². The van der Waals surface area contributed by atoms with Crippen LogP contribution in [0.1, 0.15) is 18.6 Å². The zero-order valence-corrected chi connectivity index (χ0v) is 5.71. The van der Waals surface area contributed by atoms with Crippen LogP contribution in [0.3, 0.4) is 0 Å². The second-order valence-corrected chi connectivity index (χ2v) is 2.85. The first kappa shape index (κ1) is 5.92. The highest BCUT2D eigenvalue weighted by atomic mass is 16.3. The molecule has 0 saturated heterocycles. The molecule has 1 heterocycles. The number of hydrogen-bond donors (Lipinski definition) is 1. The molecule has 1 aliphatic carbocycles. The lowest BCUT2D eigenvalue weighted by Crippen LogP contribution is -2.18. The van der Waals surface area contributed by atoms with Crippen LogP contribution in [-0.4, -0.2) is 11.5 Å². The van der Waals surface area contributed by atoms with Crippen LogP contribution in [0.4, 0.5) is 0 Å². The zero-order chi connectivity index (χ0) is 7.03. The molecule has 2 rings (SSSR count). The maximum absolute atomic E-state index is 5.57. The summed E-state index contributed by atoms with van der Waals surface area (Å²) in [7, 11) is 0. The van der Waals surface area contributed by atoms with Crippen LogP contribution >= 0.6 is 0 Å². The summed E-state index contributed by atoms with van der Waals surface area (Å²) in [6.07, 6.45) is 5.53. The molecule has 54 valence electrons. The van der Waals surface area contributed by atoms with Crippen LogP contribution in [0.25, 0.3) is 0 Å². The maximum atomic E-state index is 5.57. The second-order valence-electron chi connectivity index (χ2n) is 2.85. The molecular formula is C7H10N2O. The van der Waals surface area contributed by atoms with Crippen molar-refractivity contribution >= 4 is 0 Å². The van der Waals surface area contributed by atoms with Crippen molar-refractivity contribution in [2.24, 2.45) is 5.73 Å². The summed E-state index contributed by atoms with van der Waals surface area (Å²) in [5.41, 5.74) is 5.74. The van der Waals surface area contributed by atoms with Crippen LogP contribution in [0, 0.1) is 0 Å². The van der Waals surface area contributed by atoms with Gasteiger partial charge in [0, 0.05) is 12.0 Å². The first-order valence-corrected chi connectivity index (χ1v) is 3.46. The van der Waals surface area contributed by atoms with Crippen molar-refractivity contribution in [1.29, 1.82) is 0 Å². The van der Waals surface area contributed by atoms with Gasteiger partial charge >= 0.3 is 0 Å². The Labute approximate surface area is 59.2 Å². The molecule has 1 fully saturated rings. The lowest BCUT2D eigenvalue weighted by molar-refractivity contribution is 0.451. The standard InChI is InChI=1S/C7H10N2O/c8-4-7(1-2-7)6-3-9-5-10-6/h3,5H,1-2,4,8H2. The number of nitrogens with zero attached hydrogens (tertiary/aromatic N) is 1. The topological polar surface area (TPSA) is 52.0 Å².